The first-order valence-electron chi connectivity index (χ1n) is 8.82. The van der Waals surface area contributed by atoms with E-state index in [4.69, 9.17) is 0 Å². The van der Waals surface area contributed by atoms with Gasteiger partial charge in [0, 0.05) is 0 Å². The fourth-order valence-electron chi connectivity index (χ4n) is 3.36. The van der Waals surface area contributed by atoms with Gasteiger partial charge in [0.1, 0.15) is 0 Å². The lowest BCUT2D eigenvalue weighted by atomic mass is 9.88. The summed E-state index contributed by atoms with van der Waals surface area (Å²) in [5, 5.41) is 0. The molecule has 0 aliphatic heterocycles. The fourth-order valence-corrected chi connectivity index (χ4v) is 3.36. The maximum absolute atomic E-state index is 2.48. The van der Waals surface area contributed by atoms with Crippen molar-refractivity contribution in [3.8, 4) is 0 Å². The van der Waals surface area contributed by atoms with Gasteiger partial charge in [0.2, 0.25) is 0 Å². The molecule has 0 bridgehead atoms. The van der Waals surface area contributed by atoms with Crippen LogP contribution in [0.2, 0.25) is 0 Å². The molecule has 0 saturated carbocycles. The van der Waals surface area contributed by atoms with Gasteiger partial charge in [0.15, 0.2) is 0 Å². The molecule has 2 aromatic rings. The molecule has 1 atom stereocenters. The van der Waals surface area contributed by atoms with Crippen LogP contribution in [0.4, 0.5) is 0 Å². The third-order valence-corrected chi connectivity index (χ3v) is 4.62. The zero-order valence-electron chi connectivity index (χ0n) is 13.8. The lowest BCUT2D eigenvalue weighted by molar-refractivity contribution is 0.572. The quantitative estimate of drug-likeness (QED) is 0.581. The summed E-state index contributed by atoms with van der Waals surface area (Å²) in [6, 6.07) is 21.7. The van der Waals surface area contributed by atoms with E-state index in [-0.39, 0.29) is 0 Å². The van der Waals surface area contributed by atoms with Crippen LogP contribution in [0.15, 0.2) is 84.5 Å². The van der Waals surface area contributed by atoms with E-state index in [1.165, 1.54) is 43.2 Å². The van der Waals surface area contributed by atoms with E-state index >= 15 is 0 Å². The molecule has 0 unspecified atom stereocenters. The Labute approximate surface area is 140 Å². The maximum atomic E-state index is 2.48. The molecule has 1 aliphatic rings. The maximum Gasteiger partial charge on any atom is -0.00669 e. The van der Waals surface area contributed by atoms with E-state index in [9.17, 15) is 0 Å². The molecule has 0 amide bonds. The van der Waals surface area contributed by atoms with Crippen molar-refractivity contribution in [1.29, 1.82) is 0 Å². The summed E-state index contributed by atoms with van der Waals surface area (Å²) in [5.41, 5.74) is 4.50. The van der Waals surface area contributed by atoms with Gasteiger partial charge in [-0.15, -0.1) is 0 Å². The van der Waals surface area contributed by atoms with Gasteiger partial charge in [0.25, 0.3) is 0 Å². The third-order valence-electron chi connectivity index (χ3n) is 4.62. The van der Waals surface area contributed by atoms with Gasteiger partial charge in [-0.05, 0) is 55.6 Å². The minimum Gasteiger partial charge on any atom is -0.0879 e. The third kappa shape index (κ3) is 5.25. The van der Waals surface area contributed by atoms with Gasteiger partial charge < -0.3 is 0 Å². The molecule has 0 spiro atoms. The topological polar surface area (TPSA) is 0 Å². The van der Waals surface area contributed by atoms with Gasteiger partial charge in [0.05, 0.1) is 0 Å². The molecule has 118 valence electrons. The Morgan fingerprint density at radius 3 is 2.22 bits per heavy atom. The second-order valence-corrected chi connectivity index (χ2v) is 6.52. The van der Waals surface area contributed by atoms with Crippen molar-refractivity contribution in [2.45, 2.75) is 38.5 Å². The lowest BCUT2D eigenvalue weighted by Gasteiger charge is -2.18. The molecule has 0 nitrogen and oxygen atoms in total. The van der Waals surface area contributed by atoms with Crippen molar-refractivity contribution >= 4 is 0 Å². The molecule has 1 aliphatic carbocycles. The summed E-state index contributed by atoms with van der Waals surface area (Å²) in [7, 11) is 0. The average Bonchev–Trinajstić information content (AvgIpc) is 2.58. The van der Waals surface area contributed by atoms with E-state index in [1.54, 1.807) is 5.57 Å². The fraction of sp³-hybridized carbons (Fsp3) is 0.304. The van der Waals surface area contributed by atoms with E-state index < -0.39 is 0 Å². The van der Waals surface area contributed by atoms with E-state index in [1.807, 2.05) is 0 Å². The largest absolute Gasteiger partial charge is 0.0879 e. The van der Waals surface area contributed by atoms with Crippen LogP contribution >= 0.6 is 0 Å². The second kappa shape index (κ2) is 8.53. The zero-order valence-corrected chi connectivity index (χ0v) is 13.8. The monoisotopic (exact) mass is 302 g/mol. The van der Waals surface area contributed by atoms with Gasteiger partial charge in [-0.2, -0.15) is 0 Å². The van der Waals surface area contributed by atoms with Gasteiger partial charge >= 0.3 is 0 Å². The van der Waals surface area contributed by atoms with Crippen LogP contribution < -0.4 is 0 Å². The summed E-state index contributed by atoms with van der Waals surface area (Å²) in [6.45, 7) is 0. The van der Waals surface area contributed by atoms with E-state index in [0.29, 0.717) is 5.92 Å². The number of rotatable bonds is 5. The van der Waals surface area contributed by atoms with E-state index in [0.717, 1.165) is 6.42 Å². The number of hydrogen-bond donors (Lipinski definition) is 0. The van der Waals surface area contributed by atoms with Crippen LogP contribution in [0.25, 0.3) is 0 Å². The molecule has 0 heteroatoms. The van der Waals surface area contributed by atoms with Crippen LogP contribution in [0, 0.1) is 5.92 Å². The van der Waals surface area contributed by atoms with Crippen LogP contribution in [-0.2, 0) is 12.8 Å². The molecule has 0 heterocycles. The van der Waals surface area contributed by atoms with Crippen molar-refractivity contribution in [3.63, 3.8) is 0 Å². The highest BCUT2D eigenvalue weighted by atomic mass is 14.2. The van der Waals surface area contributed by atoms with Crippen molar-refractivity contribution in [1.82, 2.24) is 0 Å². The minimum absolute atomic E-state index is 0.672. The Hall–Kier alpha value is -2.08. The Balaban J connectivity index is 1.61. The van der Waals surface area contributed by atoms with Crippen LogP contribution in [-0.4, -0.2) is 0 Å². The first kappa shape index (κ1) is 15.8. The summed E-state index contributed by atoms with van der Waals surface area (Å²) in [5.74, 6) is 0.672. The number of aryl methyl sites for hydroxylation is 1. The standard InChI is InChI=1S/C23H26/c1-4-10-20(11-5-1)16-17-22-14-8-3-9-15-23(19-22)18-21-12-6-2-7-13-21/h1-2,4-8,10-15,22H,3,9,16-19H2/b14-8-,23-15-/t22-/m1/s1. The number of benzene rings is 2. The predicted molar refractivity (Wildman–Crippen MR) is 99.5 cm³/mol. The van der Waals surface area contributed by atoms with Gasteiger partial charge in [-0.25, -0.2) is 0 Å². The molecule has 0 radical (unpaired) electrons. The van der Waals surface area contributed by atoms with Crippen molar-refractivity contribution in [2.24, 2.45) is 5.92 Å². The molecule has 0 N–H and O–H groups in total. The molecule has 0 aromatic heterocycles. The molecular weight excluding hydrogens is 276 g/mol. The Bertz CT molecular complexity index is 634. The van der Waals surface area contributed by atoms with Crippen LogP contribution in [0.1, 0.15) is 36.8 Å². The molecule has 2 aromatic carbocycles. The molecule has 23 heavy (non-hydrogen) atoms. The minimum atomic E-state index is 0.672. The SMILES string of the molecule is C1=C\[C@H](CCc2ccccc2)C/C(Cc2ccccc2)=C\CC/1. The van der Waals surface area contributed by atoms with Crippen molar-refractivity contribution < 1.29 is 0 Å². The summed E-state index contributed by atoms with van der Waals surface area (Å²) in [4.78, 5) is 0. The first-order valence-corrected chi connectivity index (χ1v) is 8.82. The van der Waals surface area contributed by atoms with Gasteiger partial charge in [-0.3, -0.25) is 0 Å². The summed E-state index contributed by atoms with van der Waals surface area (Å²) >= 11 is 0. The summed E-state index contributed by atoms with van der Waals surface area (Å²) in [6.07, 6.45) is 14.4. The molecule has 3 rings (SSSR count). The van der Waals surface area contributed by atoms with Gasteiger partial charge in [-0.1, -0.05) is 84.5 Å². The zero-order chi connectivity index (χ0) is 15.7. The number of allylic oxidation sites excluding steroid dienone is 4. The second-order valence-electron chi connectivity index (χ2n) is 6.52. The average molecular weight is 302 g/mol. The van der Waals surface area contributed by atoms with E-state index in [2.05, 4.69) is 78.9 Å². The Morgan fingerprint density at radius 2 is 1.48 bits per heavy atom. The molecular formula is C23H26. The van der Waals surface area contributed by atoms with Crippen LogP contribution in [0.3, 0.4) is 0 Å². The molecule has 0 fully saturated rings. The summed E-state index contributed by atoms with van der Waals surface area (Å²) < 4.78 is 0. The molecule has 0 saturated heterocycles. The van der Waals surface area contributed by atoms with Crippen molar-refractivity contribution in [3.05, 3.63) is 95.6 Å². The van der Waals surface area contributed by atoms with Crippen LogP contribution in [0.5, 0.6) is 0 Å². The first-order chi connectivity index (χ1) is 11.4. The highest BCUT2D eigenvalue weighted by molar-refractivity contribution is 5.23. The van der Waals surface area contributed by atoms with Crippen molar-refractivity contribution in [2.75, 3.05) is 0 Å². The normalized spacial score (nSPS) is 21.7. The Morgan fingerprint density at radius 1 is 0.783 bits per heavy atom. The number of hydrogen-bond acceptors (Lipinski definition) is 0. The lowest BCUT2D eigenvalue weighted by Crippen LogP contribution is -2.05. The smallest absolute Gasteiger partial charge is 0.00669 e. The predicted octanol–water partition coefficient (Wildman–Crippen LogP) is 6.14. The highest BCUT2D eigenvalue weighted by Gasteiger charge is 2.11. The Kier molecular flexibility index (Phi) is 5.86. The highest BCUT2D eigenvalue weighted by Crippen LogP contribution is 2.25.